The first-order valence-corrected chi connectivity index (χ1v) is 3.93. The number of aromatic nitrogens is 1. The van der Waals surface area contributed by atoms with Gasteiger partial charge in [-0.05, 0) is 6.92 Å². The van der Waals surface area contributed by atoms with Crippen LogP contribution in [0.2, 0.25) is 5.02 Å². The van der Waals surface area contributed by atoms with E-state index < -0.39 is 28.1 Å². The average Bonchev–Trinajstić information content (AvgIpc) is 2.01. The summed E-state index contributed by atoms with van der Waals surface area (Å²) in [5, 5.41) is -0.565. The predicted octanol–water partition coefficient (Wildman–Crippen LogP) is 2.96. The summed E-state index contributed by atoms with van der Waals surface area (Å²) in [6, 6.07) is 0. The Labute approximate surface area is 82.7 Å². The van der Waals surface area contributed by atoms with Crippen LogP contribution in [0.3, 0.4) is 0 Å². The van der Waals surface area contributed by atoms with E-state index in [1.165, 1.54) is 0 Å². The monoisotopic (exact) mass is 223 g/mol. The van der Waals surface area contributed by atoms with E-state index in [9.17, 15) is 18.0 Å². The number of halogens is 4. The molecule has 76 valence electrons. The zero-order valence-corrected chi connectivity index (χ0v) is 7.78. The van der Waals surface area contributed by atoms with Gasteiger partial charge in [0.1, 0.15) is 0 Å². The quantitative estimate of drug-likeness (QED) is 0.685. The standard InChI is InChI=1S/C8H5ClF3NO/c1-4(14)5-2-13-3-6(9)7(5)8(10,11)12/h2-3H,1H3. The Bertz CT molecular complexity index is 375. The Balaban J connectivity index is 3.45. The van der Waals surface area contributed by atoms with Crippen LogP contribution in [0.15, 0.2) is 12.4 Å². The largest absolute Gasteiger partial charge is 0.418 e. The van der Waals surface area contributed by atoms with Crippen molar-refractivity contribution in [2.45, 2.75) is 13.1 Å². The van der Waals surface area contributed by atoms with Crippen molar-refractivity contribution in [2.75, 3.05) is 0 Å². The molecule has 2 nitrogen and oxygen atoms in total. The van der Waals surface area contributed by atoms with Crippen LogP contribution in [-0.2, 0) is 6.18 Å². The van der Waals surface area contributed by atoms with Crippen LogP contribution in [-0.4, -0.2) is 10.8 Å². The van der Waals surface area contributed by atoms with Crippen LogP contribution in [0.4, 0.5) is 13.2 Å². The maximum absolute atomic E-state index is 12.4. The van der Waals surface area contributed by atoms with Gasteiger partial charge in [0.2, 0.25) is 0 Å². The highest BCUT2D eigenvalue weighted by Gasteiger charge is 2.37. The van der Waals surface area contributed by atoms with Gasteiger partial charge in [0, 0.05) is 18.0 Å². The highest BCUT2D eigenvalue weighted by atomic mass is 35.5. The summed E-state index contributed by atoms with van der Waals surface area (Å²) >= 11 is 5.32. The topological polar surface area (TPSA) is 30.0 Å². The van der Waals surface area contributed by atoms with Crippen molar-refractivity contribution >= 4 is 17.4 Å². The Hall–Kier alpha value is -1.10. The summed E-state index contributed by atoms with van der Waals surface area (Å²) < 4.78 is 37.2. The van der Waals surface area contributed by atoms with E-state index in [-0.39, 0.29) is 0 Å². The molecule has 6 heteroatoms. The minimum Gasteiger partial charge on any atom is -0.294 e. The van der Waals surface area contributed by atoms with Crippen LogP contribution in [0.25, 0.3) is 0 Å². The average molecular weight is 224 g/mol. The van der Waals surface area contributed by atoms with E-state index in [0.717, 1.165) is 19.3 Å². The Kier molecular flexibility index (Phi) is 2.80. The normalized spacial score (nSPS) is 11.5. The van der Waals surface area contributed by atoms with Crippen LogP contribution in [0, 0.1) is 0 Å². The molecule has 0 radical (unpaired) electrons. The minimum atomic E-state index is -4.64. The molecule has 0 amide bonds. The number of Topliss-reactive ketones (excluding diaryl/α,β-unsaturated/α-hetero) is 1. The number of hydrogen-bond acceptors (Lipinski definition) is 2. The number of nitrogens with zero attached hydrogens (tertiary/aromatic N) is 1. The summed E-state index contributed by atoms with van der Waals surface area (Å²) in [5.74, 6) is -0.715. The molecular formula is C8H5ClF3NO. The molecule has 0 unspecified atom stereocenters. The lowest BCUT2D eigenvalue weighted by atomic mass is 10.1. The van der Waals surface area contributed by atoms with Gasteiger partial charge in [0.25, 0.3) is 0 Å². The first kappa shape index (κ1) is 11.0. The fourth-order valence-electron chi connectivity index (χ4n) is 0.990. The fourth-order valence-corrected chi connectivity index (χ4v) is 1.26. The molecule has 0 saturated heterocycles. The van der Waals surface area contributed by atoms with Crippen molar-refractivity contribution in [3.8, 4) is 0 Å². The van der Waals surface area contributed by atoms with Gasteiger partial charge in [-0.3, -0.25) is 9.78 Å². The molecule has 0 aliphatic carbocycles. The van der Waals surface area contributed by atoms with Crippen molar-refractivity contribution in [3.63, 3.8) is 0 Å². The zero-order chi connectivity index (χ0) is 10.9. The minimum absolute atomic E-state index is 0.509. The molecule has 0 N–H and O–H groups in total. The summed E-state index contributed by atoms with van der Waals surface area (Å²) in [5.41, 5.74) is -1.63. The Morgan fingerprint density at radius 3 is 2.36 bits per heavy atom. The zero-order valence-electron chi connectivity index (χ0n) is 7.02. The van der Waals surface area contributed by atoms with Gasteiger partial charge >= 0.3 is 6.18 Å². The molecule has 1 aromatic rings. The van der Waals surface area contributed by atoms with Crippen molar-refractivity contribution in [3.05, 3.63) is 28.5 Å². The second-order valence-corrected chi connectivity index (χ2v) is 3.01. The van der Waals surface area contributed by atoms with Gasteiger partial charge in [0.05, 0.1) is 10.6 Å². The molecule has 1 rings (SSSR count). The number of pyridine rings is 1. The van der Waals surface area contributed by atoms with Crippen molar-refractivity contribution < 1.29 is 18.0 Å². The Morgan fingerprint density at radius 2 is 2.00 bits per heavy atom. The SMILES string of the molecule is CC(=O)c1cncc(Cl)c1C(F)(F)F. The number of carbonyl (C=O) groups excluding carboxylic acids is 1. The van der Waals surface area contributed by atoms with Crippen molar-refractivity contribution in [1.82, 2.24) is 4.98 Å². The van der Waals surface area contributed by atoms with Crippen molar-refractivity contribution in [2.24, 2.45) is 0 Å². The van der Waals surface area contributed by atoms with Gasteiger partial charge in [-0.15, -0.1) is 0 Å². The molecule has 0 spiro atoms. The molecule has 0 bridgehead atoms. The van der Waals surface area contributed by atoms with Crippen LogP contribution >= 0.6 is 11.6 Å². The van der Waals surface area contributed by atoms with Crippen molar-refractivity contribution in [1.29, 1.82) is 0 Å². The fraction of sp³-hybridized carbons (Fsp3) is 0.250. The van der Waals surface area contributed by atoms with Crippen LogP contribution in [0.1, 0.15) is 22.8 Å². The third kappa shape index (κ3) is 2.04. The number of alkyl halides is 3. The molecule has 0 saturated carbocycles. The molecule has 0 atom stereocenters. The Morgan fingerprint density at radius 1 is 1.43 bits per heavy atom. The highest BCUT2D eigenvalue weighted by Crippen LogP contribution is 2.36. The molecular weight excluding hydrogens is 219 g/mol. The van der Waals surface area contributed by atoms with E-state index >= 15 is 0 Å². The summed E-state index contributed by atoms with van der Waals surface area (Å²) in [6.07, 6.45) is -2.92. The smallest absolute Gasteiger partial charge is 0.294 e. The maximum atomic E-state index is 12.4. The van der Waals surface area contributed by atoms with Crippen LogP contribution in [0.5, 0.6) is 0 Å². The lowest BCUT2D eigenvalue weighted by Crippen LogP contribution is -2.13. The number of rotatable bonds is 1. The van der Waals surface area contributed by atoms with Gasteiger partial charge < -0.3 is 0 Å². The molecule has 0 aliphatic rings. The molecule has 0 fully saturated rings. The highest BCUT2D eigenvalue weighted by molar-refractivity contribution is 6.31. The van der Waals surface area contributed by atoms with Gasteiger partial charge in [-0.2, -0.15) is 13.2 Å². The maximum Gasteiger partial charge on any atom is 0.418 e. The molecule has 1 heterocycles. The molecule has 0 aliphatic heterocycles. The molecule has 0 aromatic carbocycles. The summed E-state index contributed by atoms with van der Waals surface area (Å²) in [7, 11) is 0. The number of hydrogen-bond donors (Lipinski definition) is 0. The summed E-state index contributed by atoms with van der Waals surface area (Å²) in [6.45, 7) is 1.03. The first-order chi connectivity index (χ1) is 6.34. The van der Waals surface area contributed by atoms with Gasteiger partial charge in [0.15, 0.2) is 5.78 Å². The number of ketones is 1. The molecule has 1 aromatic heterocycles. The van der Waals surface area contributed by atoms with E-state index in [1.807, 2.05) is 0 Å². The third-order valence-electron chi connectivity index (χ3n) is 1.56. The lowest BCUT2D eigenvalue weighted by molar-refractivity contribution is -0.137. The van der Waals surface area contributed by atoms with Gasteiger partial charge in [-0.25, -0.2) is 0 Å². The third-order valence-corrected chi connectivity index (χ3v) is 1.85. The van der Waals surface area contributed by atoms with E-state index in [1.54, 1.807) is 0 Å². The van der Waals surface area contributed by atoms with E-state index in [0.29, 0.717) is 0 Å². The second kappa shape index (κ2) is 3.57. The number of carbonyl (C=O) groups is 1. The van der Waals surface area contributed by atoms with Gasteiger partial charge in [-0.1, -0.05) is 11.6 Å². The summed E-state index contributed by atoms with van der Waals surface area (Å²) in [4.78, 5) is 14.3. The second-order valence-electron chi connectivity index (χ2n) is 2.60. The first-order valence-electron chi connectivity index (χ1n) is 3.55. The van der Waals surface area contributed by atoms with Crippen LogP contribution < -0.4 is 0 Å². The molecule has 14 heavy (non-hydrogen) atoms. The lowest BCUT2D eigenvalue weighted by Gasteiger charge is -2.11. The predicted molar refractivity (Wildman–Crippen MR) is 44.3 cm³/mol. The van der Waals surface area contributed by atoms with E-state index in [4.69, 9.17) is 11.6 Å². The van der Waals surface area contributed by atoms with E-state index in [2.05, 4.69) is 4.98 Å².